The average molecular weight is 660 g/mol. The largest absolute Gasteiger partial charge is 0.492 e. The Kier molecular flexibility index (Phi) is 12.5. The van der Waals surface area contributed by atoms with E-state index in [0.717, 1.165) is 28.3 Å². The first-order valence-electron chi connectivity index (χ1n) is 15.8. The first kappa shape index (κ1) is 35.2. The second-order valence-corrected chi connectivity index (χ2v) is 13.1. The van der Waals surface area contributed by atoms with Crippen molar-refractivity contribution >= 4 is 27.5 Å². The van der Waals surface area contributed by atoms with Crippen LogP contribution in [0, 0.1) is 12.7 Å². The Morgan fingerprint density at radius 2 is 1.53 bits per heavy atom. The lowest BCUT2D eigenvalue weighted by Crippen LogP contribution is -2.53. The molecule has 10 heteroatoms. The highest BCUT2D eigenvalue weighted by Gasteiger charge is 2.35. The third-order valence-electron chi connectivity index (χ3n) is 7.72. The Balaban J connectivity index is 1.83. The quantitative estimate of drug-likeness (QED) is 0.143. The number of hydrogen-bond acceptors (Lipinski definition) is 5. The molecule has 0 aliphatic rings. The molecule has 0 bridgehead atoms. The van der Waals surface area contributed by atoms with Crippen molar-refractivity contribution in [3.05, 3.63) is 126 Å². The summed E-state index contributed by atoms with van der Waals surface area (Å²) in [5.74, 6) is -1.35. The van der Waals surface area contributed by atoms with Crippen LogP contribution in [0.25, 0.3) is 0 Å². The van der Waals surface area contributed by atoms with Crippen molar-refractivity contribution in [1.29, 1.82) is 0 Å². The number of sulfonamides is 1. The van der Waals surface area contributed by atoms with E-state index in [0.29, 0.717) is 6.54 Å². The monoisotopic (exact) mass is 659 g/mol. The summed E-state index contributed by atoms with van der Waals surface area (Å²) in [5, 5.41) is 2.93. The summed E-state index contributed by atoms with van der Waals surface area (Å²) >= 11 is 0. The van der Waals surface area contributed by atoms with Crippen LogP contribution in [0.3, 0.4) is 0 Å². The summed E-state index contributed by atoms with van der Waals surface area (Å²) in [4.78, 5) is 29.7. The number of amides is 2. The minimum absolute atomic E-state index is 0.0130. The number of aryl methyl sites for hydroxylation is 1. The minimum Gasteiger partial charge on any atom is -0.492 e. The van der Waals surface area contributed by atoms with Crippen LogP contribution in [-0.2, 0) is 32.6 Å². The molecule has 0 spiro atoms. The highest BCUT2D eigenvalue weighted by atomic mass is 32.2. The van der Waals surface area contributed by atoms with Crippen molar-refractivity contribution in [3.63, 3.8) is 0 Å². The normalized spacial score (nSPS) is 11.8. The van der Waals surface area contributed by atoms with Crippen molar-refractivity contribution < 1.29 is 27.1 Å². The van der Waals surface area contributed by atoms with Gasteiger partial charge in [0, 0.05) is 25.1 Å². The van der Waals surface area contributed by atoms with Gasteiger partial charge in [0.25, 0.3) is 10.0 Å². The third kappa shape index (κ3) is 9.19. The molecule has 47 heavy (non-hydrogen) atoms. The lowest BCUT2D eigenvalue weighted by atomic mass is 10.0. The molecule has 0 saturated heterocycles. The van der Waals surface area contributed by atoms with Gasteiger partial charge in [-0.2, -0.15) is 0 Å². The third-order valence-corrected chi connectivity index (χ3v) is 9.49. The molecule has 0 aliphatic heterocycles. The van der Waals surface area contributed by atoms with E-state index in [1.165, 1.54) is 23.1 Å². The van der Waals surface area contributed by atoms with E-state index in [2.05, 4.69) is 5.32 Å². The van der Waals surface area contributed by atoms with Crippen molar-refractivity contribution in [2.75, 3.05) is 24.0 Å². The van der Waals surface area contributed by atoms with Crippen molar-refractivity contribution in [3.8, 4) is 5.75 Å². The van der Waals surface area contributed by atoms with Gasteiger partial charge in [0.15, 0.2) is 0 Å². The van der Waals surface area contributed by atoms with Gasteiger partial charge in [-0.15, -0.1) is 0 Å². The number of rotatable bonds is 16. The molecule has 0 fully saturated rings. The van der Waals surface area contributed by atoms with E-state index < -0.39 is 40.2 Å². The van der Waals surface area contributed by atoms with Crippen molar-refractivity contribution in [2.24, 2.45) is 0 Å². The van der Waals surface area contributed by atoms with Crippen LogP contribution < -0.4 is 14.4 Å². The van der Waals surface area contributed by atoms with Crippen LogP contribution in [0.4, 0.5) is 10.1 Å². The Morgan fingerprint density at radius 3 is 2.21 bits per heavy atom. The fourth-order valence-electron chi connectivity index (χ4n) is 5.16. The molecule has 248 valence electrons. The van der Waals surface area contributed by atoms with Gasteiger partial charge in [-0.1, -0.05) is 91.7 Å². The Morgan fingerprint density at radius 1 is 0.872 bits per heavy atom. The smallest absolute Gasteiger partial charge is 0.264 e. The summed E-state index contributed by atoms with van der Waals surface area (Å²) in [6.07, 6.45) is 1.73. The van der Waals surface area contributed by atoms with E-state index in [4.69, 9.17) is 4.74 Å². The number of para-hydroxylation sites is 2. The van der Waals surface area contributed by atoms with Crippen LogP contribution in [0.2, 0.25) is 0 Å². The Labute approximate surface area is 277 Å². The van der Waals surface area contributed by atoms with Gasteiger partial charge in [0.1, 0.15) is 24.2 Å². The van der Waals surface area contributed by atoms with Crippen LogP contribution in [0.1, 0.15) is 43.4 Å². The van der Waals surface area contributed by atoms with E-state index in [1.54, 1.807) is 61.5 Å². The zero-order valence-electron chi connectivity index (χ0n) is 27.1. The van der Waals surface area contributed by atoms with Gasteiger partial charge >= 0.3 is 0 Å². The molecule has 4 aromatic carbocycles. The SMILES string of the molecule is CCCCNC(=O)C(Cc1ccccc1)N(Cc1ccccc1F)C(=O)CN(c1ccccc1OCC)S(=O)(=O)c1ccc(C)cc1. The number of anilines is 1. The molecule has 4 rings (SSSR count). The zero-order chi connectivity index (χ0) is 33.8. The zero-order valence-corrected chi connectivity index (χ0v) is 27.9. The molecule has 0 saturated carbocycles. The van der Waals surface area contributed by atoms with E-state index in [1.807, 2.05) is 44.2 Å². The summed E-state index contributed by atoms with van der Waals surface area (Å²) in [5.41, 5.74) is 2.03. The molecule has 2 amide bonds. The fourth-order valence-corrected chi connectivity index (χ4v) is 6.59. The first-order chi connectivity index (χ1) is 22.6. The van der Waals surface area contributed by atoms with Crippen LogP contribution in [0.15, 0.2) is 108 Å². The van der Waals surface area contributed by atoms with Gasteiger partial charge < -0.3 is 15.0 Å². The maximum absolute atomic E-state index is 15.1. The highest BCUT2D eigenvalue weighted by molar-refractivity contribution is 7.92. The number of halogens is 1. The van der Waals surface area contributed by atoms with Crippen LogP contribution >= 0.6 is 0 Å². The predicted molar refractivity (Wildman–Crippen MR) is 182 cm³/mol. The number of ether oxygens (including phenoxy) is 1. The van der Waals surface area contributed by atoms with Crippen LogP contribution in [-0.4, -0.2) is 50.9 Å². The predicted octanol–water partition coefficient (Wildman–Crippen LogP) is 6.28. The van der Waals surface area contributed by atoms with E-state index >= 15 is 4.39 Å². The summed E-state index contributed by atoms with van der Waals surface area (Å²) in [7, 11) is -4.31. The summed E-state index contributed by atoms with van der Waals surface area (Å²) in [6, 6.07) is 27.1. The number of nitrogens with zero attached hydrogens (tertiary/aromatic N) is 2. The number of unbranched alkanes of at least 4 members (excludes halogenated alkanes) is 1. The van der Waals surface area contributed by atoms with Gasteiger partial charge in [-0.3, -0.25) is 13.9 Å². The lowest BCUT2D eigenvalue weighted by molar-refractivity contribution is -0.140. The van der Waals surface area contributed by atoms with Crippen molar-refractivity contribution in [2.45, 2.75) is 57.5 Å². The molecule has 0 radical (unpaired) electrons. The Bertz CT molecular complexity index is 1730. The Hall–Kier alpha value is -4.70. The van der Waals surface area contributed by atoms with Gasteiger partial charge in [0.2, 0.25) is 11.8 Å². The highest BCUT2D eigenvalue weighted by Crippen LogP contribution is 2.33. The van der Waals surface area contributed by atoms with E-state index in [9.17, 15) is 18.0 Å². The van der Waals surface area contributed by atoms with Crippen molar-refractivity contribution in [1.82, 2.24) is 10.2 Å². The molecule has 0 aromatic heterocycles. The topological polar surface area (TPSA) is 96.0 Å². The second-order valence-electron chi connectivity index (χ2n) is 11.2. The minimum atomic E-state index is -4.31. The second kappa shape index (κ2) is 16.7. The standard InChI is InChI=1S/C37H42FN3O5S/c1-4-6-24-39-37(43)34(25-29-14-8-7-9-15-29)40(26-30-16-10-11-17-32(30)38)36(42)27-41(33-18-12-13-19-35(33)46-5-2)47(44,45)31-22-20-28(3)21-23-31/h7-23,34H,4-6,24-27H2,1-3H3,(H,39,43). The van der Waals surface area contributed by atoms with Gasteiger partial charge in [-0.25, -0.2) is 12.8 Å². The number of nitrogens with one attached hydrogen (secondary N) is 1. The number of hydrogen-bond donors (Lipinski definition) is 1. The molecule has 1 unspecified atom stereocenters. The molecule has 1 atom stereocenters. The molecular formula is C37H42FN3O5S. The molecule has 0 aliphatic carbocycles. The number of carbonyl (C=O) groups excluding carboxylic acids is 2. The lowest BCUT2D eigenvalue weighted by Gasteiger charge is -2.34. The average Bonchev–Trinajstić information content (AvgIpc) is 3.07. The summed E-state index contributed by atoms with van der Waals surface area (Å²) < 4.78 is 50.5. The molecule has 4 aromatic rings. The molecule has 8 nitrogen and oxygen atoms in total. The number of benzene rings is 4. The number of carbonyl (C=O) groups is 2. The fraction of sp³-hybridized carbons (Fsp3) is 0.297. The molecular weight excluding hydrogens is 617 g/mol. The van der Waals surface area contributed by atoms with E-state index in [-0.39, 0.29) is 41.5 Å². The van der Waals surface area contributed by atoms with Gasteiger partial charge in [-0.05, 0) is 56.2 Å². The maximum atomic E-state index is 15.1. The first-order valence-corrected chi connectivity index (χ1v) is 17.3. The van der Waals surface area contributed by atoms with Gasteiger partial charge in [0.05, 0.1) is 17.2 Å². The maximum Gasteiger partial charge on any atom is 0.264 e. The molecule has 1 N–H and O–H groups in total. The van der Waals surface area contributed by atoms with Crippen LogP contribution in [0.5, 0.6) is 5.75 Å². The molecule has 0 heterocycles. The summed E-state index contributed by atoms with van der Waals surface area (Å²) in [6.45, 7) is 5.38.